The molecular formula is C21H18ClN2OS+. The normalized spacial score (nSPS) is 12.2. The molecule has 2 aromatic carbocycles. The van der Waals surface area contributed by atoms with E-state index in [-0.39, 0.29) is 6.04 Å². The van der Waals surface area contributed by atoms with Crippen LogP contribution in [0, 0.1) is 0 Å². The summed E-state index contributed by atoms with van der Waals surface area (Å²) >= 11 is 7.62. The van der Waals surface area contributed by atoms with Crippen LogP contribution < -0.4 is 5.32 Å². The minimum Gasteiger partial charge on any atom is -0.463 e. The highest BCUT2D eigenvalue weighted by atomic mass is 35.5. The molecule has 0 amide bonds. The van der Waals surface area contributed by atoms with Gasteiger partial charge in [0.15, 0.2) is 11.8 Å². The lowest BCUT2D eigenvalue weighted by Gasteiger charge is -2.13. The average molecular weight is 382 g/mol. The zero-order chi connectivity index (χ0) is 17.8. The van der Waals surface area contributed by atoms with Gasteiger partial charge >= 0.3 is 0 Å². The molecular weight excluding hydrogens is 364 g/mol. The fourth-order valence-electron chi connectivity index (χ4n) is 2.91. The van der Waals surface area contributed by atoms with Crippen molar-refractivity contribution in [1.29, 1.82) is 0 Å². The standard InChI is InChI=1S/C21H17ClN2OS/c22-17-10-8-16(9-11-17)21-24-18(14-26-21)13-23-20(19-7-4-12-25-19)15-5-2-1-3-6-15/h1-12,14,20,23H,13H2/p+1/t20-/m0/s1. The highest BCUT2D eigenvalue weighted by molar-refractivity contribution is 7.13. The molecule has 0 unspecified atom stereocenters. The molecule has 4 aromatic rings. The summed E-state index contributed by atoms with van der Waals surface area (Å²) < 4.78 is 5.66. The summed E-state index contributed by atoms with van der Waals surface area (Å²) in [6, 6.07) is 22.3. The lowest BCUT2D eigenvalue weighted by atomic mass is 10.0. The van der Waals surface area contributed by atoms with Crippen molar-refractivity contribution in [3.63, 3.8) is 0 Å². The molecule has 0 fully saturated rings. The highest BCUT2D eigenvalue weighted by Gasteiger charge is 2.20. The van der Waals surface area contributed by atoms with Crippen molar-refractivity contribution < 1.29 is 9.73 Å². The van der Waals surface area contributed by atoms with Gasteiger partial charge in [-0.2, -0.15) is 0 Å². The number of rotatable bonds is 6. The number of halogens is 1. The third kappa shape index (κ3) is 3.88. The van der Waals surface area contributed by atoms with Crippen molar-refractivity contribution in [3.8, 4) is 10.6 Å². The zero-order valence-corrected chi connectivity index (χ0v) is 15.6. The SMILES string of the molecule is Clc1ccc(-c2nc(C[NH2+][C@@H](c3ccccc3)c3ccco3)cs2)cc1. The molecule has 2 heterocycles. The highest BCUT2D eigenvalue weighted by Crippen LogP contribution is 2.25. The summed E-state index contributed by atoms with van der Waals surface area (Å²) in [5.41, 5.74) is 3.37. The van der Waals surface area contributed by atoms with Crippen molar-refractivity contribution in [2.75, 3.05) is 0 Å². The summed E-state index contributed by atoms with van der Waals surface area (Å²) in [6.45, 7) is 0.782. The first-order valence-electron chi connectivity index (χ1n) is 8.41. The lowest BCUT2D eigenvalue weighted by Crippen LogP contribution is -2.83. The molecule has 130 valence electrons. The molecule has 0 spiro atoms. The molecule has 0 aliphatic carbocycles. The Morgan fingerprint density at radius 3 is 2.54 bits per heavy atom. The van der Waals surface area contributed by atoms with Gasteiger partial charge in [-0.1, -0.05) is 54.1 Å². The number of hydrogen-bond acceptors (Lipinski definition) is 3. The Hall–Kier alpha value is -2.40. The quantitative estimate of drug-likeness (QED) is 0.515. The van der Waals surface area contributed by atoms with Crippen LogP contribution >= 0.6 is 22.9 Å². The largest absolute Gasteiger partial charge is 0.463 e. The molecule has 0 saturated heterocycles. The van der Waals surface area contributed by atoms with Crippen molar-refractivity contribution in [1.82, 2.24) is 4.98 Å². The predicted octanol–water partition coefficient (Wildman–Crippen LogP) is 4.91. The molecule has 1 atom stereocenters. The van der Waals surface area contributed by atoms with Crippen LogP contribution in [0.15, 0.2) is 82.8 Å². The smallest absolute Gasteiger partial charge is 0.170 e. The summed E-state index contributed by atoms with van der Waals surface area (Å²) in [5.74, 6) is 0.948. The van der Waals surface area contributed by atoms with Crippen LogP contribution in [0.3, 0.4) is 0 Å². The Bertz CT molecular complexity index is 949. The van der Waals surface area contributed by atoms with Crippen molar-refractivity contribution in [3.05, 3.63) is 100 Å². The summed E-state index contributed by atoms with van der Waals surface area (Å²) in [4.78, 5) is 4.77. The second-order valence-corrected chi connectivity index (χ2v) is 7.29. The molecule has 0 aliphatic heterocycles. The Balaban J connectivity index is 1.51. The number of hydrogen-bond donors (Lipinski definition) is 1. The van der Waals surface area contributed by atoms with Crippen LogP contribution in [-0.2, 0) is 6.54 Å². The van der Waals surface area contributed by atoms with E-state index in [9.17, 15) is 0 Å². The van der Waals surface area contributed by atoms with Gasteiger partial charge < -0.3 is 9.73 Å². The van der Waals surface area contributed by atoms with Gasteiger partial charge in [-0.05, 0) is 24.3 Å². The number of nitrogens with zero attached hydrogens (tertiary/aromatic N) is 1. The average Bonchev–Trinajstić information content (AvgIpc) is 3.36. The first kappa shape index (κ1) is 17.0. The fourth-order valence-corrected chi connectivity index (χ4v) is 3.87. The van der Waals surface area contributed by atoms with Gasteiger partial charge in [0.05, 0.1) is 6.26 Å². The van der Waals surface area contributed by atoms with E-state index in [1.807, 2.05) is 42.5 Å². The maximum Gasteiger partial charge on any atom is 0.170 e. The second-order valence-electron chi connectivity index (χ2n) is 5.99. The molecule has 2 aromatic heterocycles. The number of nitrogens with two attached hydrogens (primary N) is 1. The van der Waals surface area contributed by atoms with Gasteiger partial charge in [-0.3, -0.25) is 0 Å². The third-order valence-corrected chi connectivity index (χ3v) is 5.41. The topological polar surface area (TPSA) is 42.6 Å². The first-order valence-corrected chi connectivity index (χ1v) is 9.67. The van der Waals surface area contributed by atoms with Crippen LogP contribution in [0.4, 0.5) is 0 Å². The van der Waals surface area contributed by atoms with Gasteiger partial charge in [0.2, 0.25) is 0 Å². The van der Waals surface area contributed by atoms with Crippen molar-refractivity contribution in [2.45, 2.75) is 12.6 Å². The van der Waals surface area contributed by atoms with Gasteiger partial charge in [0, 0.05) is 21.5 Å². The zero-order valence-electron chi connectivity index (χ0n) is 14.0. The number of quaternary nitrogens is 1. The van der Waals surface area contributed by atoms with Gasteiger partial charge in [-0.25, -0.2) is 4.98 Å². The monoisotopic (exact) mass is 381 g/mol. The predicted molar refractivity (Wildman–Crippen MR) is 105 cm³/mol. The van der Waals surface area contributed by atoms with Crippen molar-refractivity contribution in [2.24, 2.45) is 0 Å². The summed E-state index contributed by atoms with van der Waals surface area (Å²) in [6.07, 6.45) is 1.72. The van der Waals surface area contributed by atoms with Crippen LogP contribution in [0.2, 0.25) is 5.02 Å². The maximum atomic E-state index is 5.97. The Morgan fingerprint density at radius 1 is 1.00 bits per heavy atom. The maximum absolute atomic E-state index is 5.97. The summed E-state index contributed by atoms with van der Waals surface area (Å²) in [5, 5.41) is 6.13. The second kappa shape index (κ2) is 7.87. The van der Waals surface area contributed by atoms with Crippen LogP contribution in [0.25, 0.3) is 10.6 Å². The number of aromatic nitrogens is 1. The van der Waals surface area contributed by atoms with Crippen LogP contribution in [0.1, 0.15) is 23.1 Å². The molecule has 5 heteroatoms. The Morgan fingerprint density at radius 2 is 1.81 bits per heavy atom. The van der Waals surface area contributed by atoms with E-state index in [1.165, 1.54) is 5.56 Å². The van der Waals surface area contributed by atoms with Gasteiger partial charge in [-0.15, -0.1) is 11.3 Å². The minimum absolute atomic E-state index is 0.117. The van der Waals surface area contributed by atoms with Crippen LogP contribution in [-0.4, -0.2) is 4.98 Å². The van der Waals surface area contributed by atoms with E-state index in [1.54, 1.807) is 17.6 Å². The molecule has 3 nitrogen and oxygen atoms in total. The number of thiazole rings is 1. The molecule has 0 saturated carbocycles. The molecule has 26 heavy (non-hydrogen) atoms. The van der Waals surface area contributed by atoms with E-state index in [4.69, 9.17) is 21.0 Å². The van der Waals surface area contributed by atoms with E-state index in [0.717, 1.165) is 33.6 Å². The fraction of sp³-hybridized carbons (Fsp3) is 0.0952. The van der Waals surface area contributed by atoms with E-state index < -0.39 is 0 Å². The van der Waals surface area contributed by atoms with E-state index in [0.29, 0.717) is 0 Å². The van der Waals surface area contributed by atoms with E-state index in [2.05, 4.69) is 35.0 Å². The molecule has 0 aliphatic rings. The Kier molecular flexibility index (Phi) is 5.16. The molecule has 0 bridgehead atoms. The van der Waals surface area contributed by atoms with Gasteiger partial charge in [0.25, 0.3) is 0 Å². The van der Waals surface area contributed by atoms with Gasteiger partial charge in [0.1, 0.15) is 17.2 Å². The third-order valence-electron chi connectivity index (χ3n) is 4.21. The molecule has 2 N–H and O–H groups in total. The number of furan rings is 1. The van der Waals surface area contributed by atoms with Crippen molar-refractivity contribution >= 4 is 22.9 Å². The van der Waals surface area contributed by atoms with E-state index >= 15 is 0 Å². The minimum atomic E-state index is 0.117. The summed E-state index contributed by atoms with van der Waals surface area (Å²) in [7, 11) is 0. The number of benzene rings is 2. The molecule has 4 rings (SSSR count). The van der Waals surface area contributed by atoms with Crippen LogP contribution in [0.5, 0.6) is 0 Å². The first-order chi connectivity index (χ1) is 12.8. The lowest BCUT2D eigenvalue weighted by molar-refractivity contribution is -0.704. The molecule has 0 radical (unpaired) electrons. The Labute approximate surface area is 161 Å².